The highest BCUT2D eigenvalue weighted by Crippen LogP contribution is 2.46. The number of allylic oxidation sites excluding steroid dienone is 1. The number of hydrogen-bond donors (Lipinski definition) is 0. The van der Waals surface area contributed by atoms with Crippen LogP contribution in [0.3, 0.4) is 0 Å². The molecule has 0 fully saturated rings. The lowest BCUT2D eigenvalue weighted by Crippen LogP contribution is -2.25. The third-order valence-corrected chi connectivity index (χ3v) is 5.19. The molecule has 1 heterocycles. The zero-order chi connectivity index (χ0) is 21.3. The maximum Gasteiger partial charge on any atom is 0.345 e. The maximum atomic E-state index is 12.5. The van der Waals surface area contributed by atoms with Crippen molar-refractivity contribution in [1.29, 1.82) is 0 Å². The minimum Gasteiger partial charge on any atom is -0.454 e. The number of fused-ring (bicyclic) bond motifs is 1. The van der Waals surface area contributed by atoms with Gasteiger partial charge >= 0.3 is 5.97 Å². The molecule has 7 nitrogen and oxygen atoms in total. The number of esters is 1. The number of nitrogens with zero attached hydrogens (tertiary/aromatic N) is 2. The Balaban J connectivity index is 1.77. The Kier molecular flexibility index (Phi) is 5.44. The second-order valence-corrected chi connectivity index (χ2v) is 7.63. The van der Waals surface area contributed by atoms with Crippen LogP contribution in [0.15, 0.2) is 54.2 Å². The number of halogens is 1. The molecule has 0 atom stereocenters. The lowest BCUT2D eigenvalue weighted by molar-refractivity contribution is -0.385. The number of ether oxygens (including phenoxy) is 1. The first-order chi connectivity index (χ1) is 13.6. The van der Waals surface area contributed by atoms with Crippen LogP contribution in [0.4, 0.5) is 11.4 Å². The second kappa shape index (κ2) is 7.67. The van der Waals surface area contributed by atoms with Crippen LogP contribution in [0, 0.1) is 10.1 Å². The second-order valence-electron chi connectivity index (χ2n) is 7.19. The van der Waals surface area contributed by atoms with Crippen LogP contribution in [0.1, 0.15) is 29.8 Å². The molecule has 2 aromatic rings. The smallest absolute Gasteiger partial charge is 0.345 e. The molecule has 1 aliphatic rings. The van der Waals surface area contributed by atoms with Crippen LogP contribution >= 0.6 is 11.6 Å². The molecule has 0 unspecified atom stereocenters. The van der Waals surface area contributed by atoms with E-state index in [2.05, 4.69) is 0 Å². The summed E-state index contributed by atoms with van der Waals surface area (Å²) in [5.74, 6) is -1.40. The molecule has 0 spiro atoms. The number of carbonyl (C=O) groups is 2. The van der Waals surface area contributed by atoms with Crippen molar-refractivity contribution in [2.45, 2.75) is 19.3 Å². The third kappa shape index (κ3) is 3.86. The van der Waals surface area contributed by atoms with Gasteiger partial charge in [-0.25, -0.2) is 4.79 Å². The standard InChI is InChI=1S/C21H19ClN2O5/c1-21(2)16-6-4-5-7-18(16)23(3)19(21)11-14(25)12-29-20(26)15-10-13(22)8-9-17(15)24(27)28/h4-11H,12H2,1-3H3. The fraction of sp³-hybridized carbons (Fsp3) is 0.238. The molecule has 0 radical (unpaired) electrons. The van der Waals surface area contributed by atoms with E-state index >= 15 is 0 Å². The van der Waals surface area contributed by atoms with Crippen molar-refractivity contribution in [2.24, 2.45) is 0 Å². The van der Waals surface area contributed by atoms with Crippen LogP contribution in [0.5, 0.6) is 0 Å². The van der Waals surface area contributed by atoms with E-state index < -0.39 is 34.4 Å². The number of hydrogen-bond acceptors (Lipinski definition) is 6. The van der Waals surface area contributed by atoms with Gasteiger partial charge in [-0.2, -0.15) is 0 Å². The number of likely N-dealkylation sites (N-methyl/N-ethyl adjacent to an activating group) is 1. The van der Waals surface area contributed by atoms with Gasteiger partial charge in [0.05, 0.1) is 4.92 Å². The highest BCUT2D eigenvalue weighted by Gasteiger charge is 2.38. The highest BCUT2D eigenvalue weighted by molar-refractivity contribution is 6.31. The van der Waals surface area contributed by atoms with E-state index in [1.54, 1.807) is 0 Å². The van der Waals surface area contributed by atoms with E-state index in [4.69, 9.17) is 16.3 Å². The Morgan fingerprint density at radius 2 is 1.93 bits per heavy atom. The lowest BCUT2D eigenvalue weighted by Gasteiger charge is -2.23. The molecule has 0 aliphatic carbocycles. The Morgan fingerprint density at radius 1 is 1.24 bits per heavy atom. The van der Waals surface area contributed by atoms with Crippen molar-refractivity contribution in [3.8, 4) is 0 Å². The Hall–Kier alpha value is -3.19. The van der Waals surface area contributed by atoms with E-state index in [-0.39, 0.29) is 10.6 Å². The molecule has 0 N–H and O–H groups in total. The van der Waals surface area contributed by atoms with Crippen molar-refractivity contribution < 1.29 is 19.2 Å². The summed E-state index contributed by atoms with van der Waals surface area (Å²) in [6, 6.07) is 11.4. The summed E-state index contributed by atoms with van der Waals surface area (Å²) in [6.45, 7) is 3.48. The Labute approximate surface area is 172 Å². The number of ketones is 1. The first-order valence-corrected chi connectivity index (χ1v) is 9.20. The molecular formula is C21H19ClN2O5. The predicted octanol–water partition coefficient (Wildman–Crippen LogP) is 4.29. The van der Waals surface area contributed by atoms with Gasteiger partial charge in [-0.15, -0.1) is 0 Å². The molecule has 0 saturated heterocycles. The van der Waals surface area contributed by atoms with Gasteiger partial charge in [-0.05, 0) is 23.8 Å². The molecule has 8 heteroatoms. The summed E-state index contributed by atoms with van der Waals surface area (Å²) in [5.41, 5.74) is 1.74. The molecule has 150 valence electrons. The number of carbonyl (C=O) groups excluding carboxylic acids is 2. The normalized spacial score (nSPS) is 15.9. The SMILES string of the molecule is CN1C(=CC(=O)COC(=O)c2cc(Cl)ccc2[N+](=O)[O-])C(C)(C)c2ccccc21. The van der Waals surface area contributed by atoms with E-state index in [0.29, 0.717) is 0 Å². The highest BCUT2D eigenvalue weighted by atomic mass is 35.5. The first-order valence-electron chi connectivity index (χ1n) is 8.82. The van der Waals surface area contributed by atoms with Crippen molar-refractivity contribution >= 4 is 34.7 Å². The third-order valence-electron chi connectivity index (χ3n) is 4.96. The van der Waals surface area contributed by atoms with Gasteiger partial charge in [0.1, 0.15) is 5.56 Å². The molecule has 29 heavy (non-hydrogen) atoms. The molecule has 1 aliphatic heterocycles. The Morgan fingerprint density at radius 3 is 2.59 bits per heavy atom. The summed E-state index contributed by atoms with van der Waals surface area (Å²) in [4.78, 5) is 37.0. The van der Waals surface area contributed by atoms with Gasteiger partial charge in [0.25, 0.3) is 5.69 Å². The molecular weight excluding hydrogens is 396 g/mol. The molecule has 0 saturated carbocycles. The van der Waals surface area contributed by atoms with E-state index in [1.165, 1.54) is 12.1 Å². The molecule has 2 aromatic carbocycles. The summed E-state index contributed by atoms with van der Waals surface area (Å²) in [6.07, 6.45) is 1.44. The number of nitro groups is 1. The summed E-state index contributed by atoms with van der Waals surface area (Å²) >= 11 is 5.82. The number of nitro benzene ring substituents is 1. The first kappa shape index (κ1) is 20.5. The average Bonchev–Trinajstić information content (AvgIpc) is 2.87. The van der Waals surface area contributed by atoms with Gasteiger partial charge in [-0.3, -0.25) is 14.9 Å². The van der Waals surface area contributed by atoms with Crippen LogP contribution in [0.2, 0.25) is 5.02 Å². The van der Waals surface area contributed by atoms with Gasteiger partial charge in [0.2, 0.25) is 0 Å². The minimum atomic E-state index is -0.978. The van der Waals surface area contributed by atoms with Gasteiger partial charge in [0, 0.05) is 41.0 Å². The number of benzene rings is 2. The minimum absolute atomic E-state index is 0.156. The van der Waals surface area contributed by atoms with E-state index in [1.807, 2.05) is 50.1 Å². The predicted molar refractivity (Wildman–Crippen MR) is 109 cm³/mol. The summed E-state index contributed by atoms with van der Waals surface area (Å²) in [7, 11) is 1.87. The Bertz CT molecular complexity index is 1050. The van der Waals surface area contributed by atoms with E-state index in [9.17, 15) is 19.7 Å². The van der Waals surface area contributed by atoms with Crippen molar-refractivity contribution in [2.75, 3.05) is 18.6 Å². The zero-order valence-corrected chi connectivity index (χ0v) is 16.9. The monoisotopic (exact) mass is 414 g/mol. The zero-order valence-electron chi connectivity index (χ0n) is 16.1. The van der Waals surface area contributed by atoms with Crippen LogP contribution < -0.4 is 4.90 Å². The largest absolute Gasteiger partial charge is 0.454 e. The summed E-state index contributed by atoms with van der Waals surface area (Å²) in [5, 5.41) is 11.2. The summed E-state index contributed by atoms with van der Waals surface area (Å²) < 4.78 is 5.01. The van der Waals surface area contributed by atoms with E-state index in [0.717, 1.165) is 29.1 Å². The van der Waals surface area contributed by atoms with Crippen LogP contribution in [-0.2, 0) is 14.9 Å². The lowest BCUT2D eigenvalue weighted by atomic mass is 9.83. The molecule has 0 bridgehead atoms. The molecule has 3 rings (SSSR count). The number of para-hydroxylation sites is 1. The van der Waals surface area contributed by atoms with Gasteiger partial charge in [-0.1, -0.05) is 43.6 Å². The number of anilines is 1. The fourth-order valence-electron chi connectivity index (χ4n) is 3.50. The van der Waals surface area contributed by atoms with Crippen molar-refractivity contribution in [1.82, 2.24) is 0 Å². The van der Waals surface area contributed by atoms with Crippen molar-refractivity contribution in [3.63, 3.8) is 0 Å². The van der Waals surface area contributed by atoms with Gasteiger partial charge in [0.15, 0.2) is 12.4 Å². The number of rotatable bonds is 5. The van der Waals surface area contributed by atoms with Crippen LogP contribution in [-0.4, -0.2) is 30.3 Å². The molecule has 0 aromatic heterocycles. The maximum absolute atomic E-state index is 12.5. The fourth-order valence-corrected chi connectivity index (χ4v) is 3.67. The topological polar surface area (TPSA) is 89.8 Å². The average molecular weight is 415 g/mol. The van der Waals surface area contributed by atoms with Crippen molar-refractivity contribution in [3.05, 3.63) is 80.5 Å². The quantitative estimate of drug-likeness (QED) is 0.314. The molecule has 0 amide bonds. The van der Waals surface area contributed by atoms with Gasteiger partial charge < -0.3 is 9.64 Å². The van der Waals surface area contributed by atoms with Crippen LogP contribution in [0.25, 0.3) is 0 Å².